The maximum absolute atomic E-state index is 13.3. The van der Waals surface area contributed by atoms with Crippen LogP contribution in [0, 0.1) is 6.92 Å². The fourth-order valence-electron chi connectivity index (χ4n) is 3.69. The molecule has 6 nitrogen and oxygen atoms in total. The summed E-state index contributed by atoms with van der Waals surface area (Å²) in [7, 11) is -3.85. The standard InChI is InChI=1S/C26H27N3O3S2/c1-4-16-29-23-15-12-19(5-2)17-24(23)33-26(29)27-25(30)21-8-6-7-9-22(21)28-34(31,32)20-13-10-18(3)11-14-20/h6-15,17,28H,4-5,16H2,1-3H3. The number of rotatable bonds is 7. The van der Waals surface area contributed by atoms with E-state index < -0.39 is 15.9 Å². The first-order chi connectivity index (χ1) is 16.3. The Balaban J connectivity index is 1.74. The molecule has 0 aliphatic heterocycles. The van der Waals surface area contributed by atoms with Crippen molar-refractivity contribution in [2.24, 2.45) is 4.99 Å². The molecule has 8 heteroatoms. The van der Waals surface area contributed by atoms with Crippen LogP contribution in [0.2, 0.25) is 0 Å². The Morgan fingerprint density at radius 1 is 1.03 bits per heavy atom. The Kier molecular flexibility index (Phi) is 7.00. The Morgan fingerprint density at radius 3 is 2.47 bits per heavy atom. The van der Waals surface area contributed by atoms with Crippen LogP contribution in [0.1, 0.15) is 41.8 Å². The van der Waals surface area contributed by atoms with Gasteiger partial charge in [0.05, 0.1) is 26.4 Å². The molecule has 0 radical (unpaired) electrons. The number of nitrogens with one attached hydrogen (secondary N) is 1. The molecule has 3 aromatic carbocycles. The van der Waals surface area contributed by atoms with E-state index in [0.29, 0.717) is 4.80 Å². The summed E-state index contributed by atoms with van der Waals surface area (Å²) in [5, 5.41) is 0. The van der Waals surface area contributed by atoms with Crippen molar-refractivity contribution in [1.29, 1.82) is 0 Å². The summed E-state index contributed by atoms with van der Waals surface area (Å²) >= 11 is 1.47. The molecule has 0 saturated carbocycles. The maximum atomic E-state index is 13.3. The number of hydrogen-bond donors (Lipinski definition) is 1. The van der Waals surface area contributed by atoms with Gasteiger partial charge in [0.25, 0.3) is 15.9 Å². The normalized spacial score (nSPS) is 12.3. The lowest BCUT2D eigenvalue weighted by Gasteiger charge is -2.11. The fraction of sp³-hybridized carbons (Fsp3) is 0.231. The Labute approximate surface area is 203 Å². The highest BCUT2D eigenvalue weighted by Crippen LogP contribution is 2.23. The molecule has 0 atom stereocenters. The number of thiazole rings is 1. The van der Waals surface area contributed by atoms with Crippen LogP contribution >= 0.6 is 11.3 Å². The lowest BCUT2D eigenvalue weighted by atomic mass is 10.1. The zero-order valence-electron chi connectivity index (χ0n) is 19.4. The van der Waals surface area contributed by atoms with E-state index in [2.05, 4.69) is 46.3 Å². The predicted octanol–water partition coefficient (Wildman–Crippen LogP) is 5.53. The van der Waals surface area contributed by atoms with Crippen LogP contribution in [0.15, 0.2) is 76.6 Å². The van der Waals surface area contributed by atoms with Crippen LogP contribution < -0.4 is 9.52 Å². The number of aryl methyl sites for hydroxylation is 3. The van der Waals surface area contributed by atoms with Crippen molar-refractivity contribution in [1.82, 2.24) is 4.57 Å². The number of anilines is 1. The number of para-hydroxylation sites is 1. The van der Waals surface area contributed by atoms with Gasteiger partial charge in [0.1, 0.15) is 0 Å². The van der Waals surface area contributed by atoms with Gasteiger partial charge in [-0.2, -0.15) is 4.99 Å². The summed E-state index contributed by atoms with van der Waals surface area (Å²) < 4.78 is 31.5. The summed E-state index contributed by atoms with van der Waals surface area (Å²) in [5.41, 5.74) is 3.64. The lowest BCUT2D eigenvalue weighted by Crippen LogP contribution is -2.18. The Bertz CT molecular complexity index is 1520. The summed E-state index contributed by atoms with van der Waals surface area (Å²) in [6.07, 6.45) is 1.83. The number of hydrogen-bond acceptors (Lipinski definition) is 4. The first-order valence-corrected chi connectivity index (χ1v) is 13.5. The van der Waals surface area contributed by atoms with Crippen LogP contribution in [0.25, 0.3) is 10.2 Å². The average Bonchev–Trinajstić information content (AvgIpc) is 3.15. The van der Waals surface area contributed by atoms with Gasteiger partial charge < -0.3 is 4.57 Å². The molecule has 0 fully saturated rings. The van der Waals surface area contributed by atoms with Gasteiger partial charge in [-0.05, 0) is 61.7 Å². The minimum atomic E-state index is -3.85. The van der Waals surface area contributed by atoms with E-state index >= 15 is 0 Å². The molecule has 1 heterocycles. The smallest absolute Gasteiger partial charge is 0.281 e. The molecule has 4 aromatic rings. The molecule has 1 amide bonds. The second-order valence-electron chi connectivity index (χ2n) is 8.07. The molecule has 34 heavy (non-hydrogen) atoms. The summed E-state index contributed by atoms with van der Waals surface area (Å²) in [5.74, 6) is -0.491. The Hall–Kier alpha value is -3.23. The van der Waals surface area contributed by atoms with Crippen LogP contribution in [0.3, 0.4) is 0 Å². The molecule has 4 rings (SSSR count). The second-order valence-corrected chi connectivity index (χ2v) is 10.8. The van der Waals surface area contributed by atoms with Crippen LogP contribution in [-0.2, 0) is 23.0 Å². The van der Waals surface area contributed by atoms with Crippen LogP contribution in [0.5, 0.6) is 0 Å². The van der Waals surface area contributed by atoms with Crippen molar-refractivity contribution in [3.05, 3.63) is 88.2 Å². The summed E-state index contributed by atoms with van der Waals surface area (Å²) in [6.45, 7) is 6.82. The second kappa shape index (κ2) is 9.95. The van der Waals surface area contributed by atoms with Gasteiger partial charge in [-0.1, -0.05) is 61.1 Å². The molecule has 0 unspecified atom stereocenters. The first-order valence-electron chi connectivity index (χ1n) is 11.2. The fourth-order valence-corrected chi connectivity index (χ4v) is 5.89. The van der Waals surface area contributed by atoms with E-state index in [4.69, 9.17) is 0 Å². The number of benzene rings is 3. The maximum Gasteiger partial charge on any atom is 0.281 e. The van der Waals surface area contributed by atoms with Crippen molar-refractivity contribution in [3.8, 4) is 0 Å². The number of nitrogens with zero attached hydrogens (tertiary/aromatic N) is 2. The van der Waals surface area contributed by atoms with Gasteiger partial charge in [0.15, 0.2) is 4.80 Å². The van der Waals surface area contributed by atoms with Crippen molar-refractivity contribution < 1.29 is 13.2 Å². The Morgan fingerprint density at radius 2 is 1.76 bits per heavy atom. The molecule has 0 bridgehead atoms. The third-order valence-corrected chi connectivity index (χ3v) is 7.96. The molecule has 1 N–H and O–H groups in total. The summed E-state index contributed by atoms with van der Waals surface area (Å²) in [6, 6.07) is 19.4. The highest BCUT2D eigenvalue weighted by Gasteiger charge is 2.19. The van der Waals surface area contributed by atoms with Crippen LogP contribution in [-0.4, -0.2) is 18.9 Å². The molecule has 1 aromatic heterocycles. The quantitative estimate of drug-likeness (QED) is 0.368. The van der Waals surface area contributed by atoms with Gasteiger partial charge in [-0.25, -0.2) is 8.42 Å². The van der Waals surface area contributed by atoms with E-state index in [-0.39, 0.29) is 16.1 Å². The van der Waals surface area contributed by atoms with Crippen molar-refractivity contribution in [2.75, 3.05) is 4.72 Å². The monoisotopic (exact) mass is 493 g/mol. The molecule has 0 aliphatic rings. The van der Waals surface area contributed by atoms with Crippen molar-refractivity contribution in [3.63, 3.8) is 0 Å². The number of amides is 1. The number of carbonyl (C=O) groups is 1. The molecule has 0 saturated heterocycles. The highest BCUT2D eigenvalue weighted by molar-refractivity contribution is 7.92. The van der Waals surface area contributed by atoms with Crippen LogP contribution in [0.4, 0.5) is 5.69 Å². The third-order valence-electron chi connectivity index (χ3n) is 5.53. The molecular weight excluding hydrogens is 466 g/mol. The third kappa shape index (κ3) is 4.98. The van der Waals surface area contributed by atoms with Gasteiger partial charge >= 0.3 is 0 Å². The highest BCUT2D eigenvalue weighted by atomic mass is 32.2. The predicted molar refractivity (Wildman–Crippen MR) is 138 cm³/mol. The number of fused-ring (bicyclic) bond motifs is 1. The van der Waals surface area contributed by atoms with Gasteiger partial charge in [-0.3, -0.25) is 9.52 Å². The number of carbonyl (C=O) groups excluding carboxylic acids is 1. The van der Waals surface area contributed by atoms with E-state index in [1.807, 2.05) is 6.92 Å². The number of sulfonamides is 1. The van der Waals surface area contributed by atoms with Gasteiger partial charge in [0.2, 0.25) is 0 Å². The topological polar surface area (TPSA) is 80.5 Å². The average molecular weight is 494 g/mol. The van der Waals surface area contributed by atoms with Crippen molar-refractivity contribution in [2.45, 2.75) is 45.1 Å². The zero-order valence-corrected chi connectivity index (χ0v) is 21.0. The van der Waals surface area contributed by atoms with Gasteiger partial charge in [0, 0.05) is 6.54 Å². The van der Waals surface area contributed by atoms with Gasteiger partial charge in [-0.15, -0.1) is 0 Å². The summed E-state index contributed by atoms with van der Waals surface area (Å²) in [4.78, 5) is 18.4. The van der Waals surface area contributed by atoms with E-state index in [0.717, 1.165) is 35.2 Å². The van der Waals surface area contributed by atoms with Crippen molar-refractivity contribution >= 4 is 43.2 Å². The van der Waals surface area contributed by atoms with E-state index in [1.54, 1.807) is 48.5 Å². The lowest BCUT2D eigenvalue weighted by molar-refractivity contribution is 0.0998. The SMILES string of the molecule is CCCn1c(=NC(=O)c2ccccc2NS(=O)(=O)c2ccc(C)cc2)sc2cc(CC)ccc21. The zero-order chi connectivity index (χ0) is 24.3. The largest absolute Gasteiger partial charge is 0.316 e. The molecule has 0 aliphatic carbocycles. The molecule has 0 spiro atoms. The minimum Gasteiger partial charge on any atom is -0.316 e. The first kappa shape index (κ1) is 23.9. The van der Waals surface area contributed by atoms with E-state index in [9.17, 15) is 13.2 Å². The van der Waals surface area contributed by atoms with E-state index in [1.165, 1.54) is 16.9 Å². The minimum absolute atomic E-state index is 0.134. The molecular formula is C26H27N3O3S2. The number of aromatic nitrogens is 1. The molecule has 176 valence electrons.